The maximum Gasteiger partial charge on any atom is -0.0708 e. The van der Waals surface area contributed by atoms with E-state index in [4.69, 9.17) is 0 Å². The summed E-state index contributed by atoms with van der Waals surface area (Å²) in [5.74, 6) is 0. The molecule has 0 spiro atoms. The Morgan fingerprint density at radius 1 is 0.815 bits per heavy atom. The van der Waals surface area contributed by atoms with Crippen LogP contribution in [0.3, 0.4) is 0 Å². The topological polar surface area (TPSA) is 78.1 Å². The van der Waals surface area contributed by atoms with Gasteiger partial charge in [-0.25, -0.2) is 0 Å². The van der Waals surface area contributed by atoms with Crippen LogP contribution in [0.2, 0.25) is 0 Å². The predicted molar refractivity (Wildman–Crippen MR) is 136 cm³/mol. The summed E-state index contributed by atoms with van der Waals surface area (Å²) in [5.41, 5.74) is 15.5. The van der Waals surface area contributed by atoms with E-state index in [-0.39, 0.29) is 13.0 Å². The van der Waals surface area contributed by atoms with Gasteiger partial charge in [-0.05, 0) is 0 Å². The number of hydrogen-bond donors (Lipinski definition) is 3. The molecule has 3 nitrogen and oxygen atoms in total. The van der Waals surface area contributed by atoms with Crippen LogP contribution in [-0.2, 0) is 64.1 Å². The minimum Gasteiger partial charge on any atom is -0.415 e. The Morgan fingerprint density at radius 3 is 1.59 bits per heavy atom. The molecule has 0 saturated carbocycles. The van der Waals surface area contributed by atoms with Gasteiger partial charge in [0.15, 0.2) is 0 Å². The van der Waals surface area contributed by atoms with Gasteiger partial charge in [-0.15, -0.1) is 0 Å². The number of hydrogen-bond acceptors (Lipinski definition) is 6. The molecule has 6 N–H and O–H groups in total. The first-order chi connectivity index (χ1) is 12.5. The molecule has 0 bridgehead atoms. The molecule has 0 aromatic heterocycles. The molecule has 0 unspecified atom stereocenters. The van der Waals surface area contributed by atoms with Gasteiger partial charge in [-0.2, -0.15) is 0 Å². The fraction of sp³-hybridized carbons (Fsp3) is 0.471. The van der Waals surface area contributed by atoms with Gasteiger partial charge in [0.1, 0.15) is 0 Å². The first kappa shape index (κ1) is 31.9. The van der Waals surface area contributed by atoms with Crippen molar-refractivity contribution in [3.63, 3.8) is 0 Å². The SMILES string of the molecule is CCCCCCCCc1cccc[c]1[Mo+3].NC(=S)[S-].NC(=S)[S-].NC(=S)[S-]. The summed E-state index contributed by atoms with van der Waals surface area (Å²) in [4.78, 5) is 0. The van der Waals surface area contributed by atoms with Gasteiger partial charge in [0.2, 0.25) is 0 Å². The van der Waals surface area contributed by atoms with Crippen molar-refractivity contribution >= 4 is 91.5 Å². The van der Waals surface area contributed by atoms with Gasteiger partial charge in [-0.3, -0.25) is 0 Å². The van der Waals surface area contributed by atoms with E-state index < -0.39 is 0 Å². The minimum absolute atomic E-state index is 0.0833. The molecule has 1 rings (SSSR count). The molecule has 0 fully saturated rings. The van der Waals surface area contributed by atoms with Crippen LogP contribution in [0.15, 0.2) is 24.3 Å². The average molecular weight is 562 g/mol. The molecular weight excluding hydrogens is 535 g/mol. The van der Waals surface area contributed by atoms with Gasteiger partial charge in [0, 0.05) is 0 Å². The van der Waals surface area contributed by atoms with Crippen molar-refractivity contribution in [3.05, 3.63) is 29.8 Å². The van der Waals surface area contributed by atoms with Gasteiger partial charge >= 0.3 is 105 Å². The molecule has 10 heteroatoms. The van der Waals surface area contributed by atoms with Crippen LogP contribution in [0.1, 0.15) is 51.0 Å². The second-order valence-electron chi connectivity index (χ2n) is 5.08. The number of unbranched alkanes of at least 4 members (excludes halogenated alkanes) is 5. The molecule has 1 aromatic rings. The summed E-state index contributed by atoms with van der Waals surface area (Å²) in [7, 11) is 0. The van der Waals surface area contributed by atoms with Crippen LogP contribution in [0, 0.1) is 0 Å². The fourth-order valence-corrected chi connectivity index (χ4v) is 2.42. The van der Waals surface area contributed by atoms with E-state index >= 15 is 0 Å². The van der Waals surface area contributed by atoms with Gasteiger partial charge in [0.05, 0.1) is 0 Å². The summed E-state index contributed by atoms with van der Waals surface area (Å²) < 4.78 is 1.71. The average Bonchev–Trinajstić information content (AvgIpc) is 2.51. The van der Waals surface area contributed by atoms with E-state index in [9.17, 15) is 0 Å². The van der Waals surface area contributed by atoms with E-state index in [2.05, 4.69) is 143 Å². The molecule has 152 valence electrons. The zero-order chi connectivity index (χ0) is 21.7. The van der Waals surface area contributed by atoms with Crippen LogP contribution in [0.25, 0.3) is 0 Å². The van der Waals surface area contributed by atoms with Crippen molar-refractivity contribution in [3.8, 4) is 0 Å². The summed E-state index contributed by atoms with van der Waals surface area (Å²) in [6, 6.07) is 8.77. The van der Waals surface area contributed by atoms with E-state index in [1.54, 1.807) is 0 Å². The maximum absolute atomic E-state index is 4.66. The quantitative estimate of drug-likeness (QED) is 0.202. The molecule has 0 saturated heterocycles. The number of rotatable bonds is 7. The van der Waals surface area contributed by atoms with Gasteiger partial charge < -0.3 is 91.7 Å². The van der Waals surface area contributed by atoms with Crippen LogP contribution in [0.5, 0.6) is 0 Å². The van der Waals surface area contributed by atoms with Crippen molar-refractivity contribution < 1.29 is 19.8 Å². The summed E-state index contributed by atoms with van der Waals surface area (Å²) >= 11 is 26.9. The number of benzene rings is 1. The first-order valence-electron chi connectivity index (χ1n) is 8.18. The maximum atomic E-state index is 4.66. The Kier molecular flexibility index (Phi) is 28.7. The normalized spacial score (nSPS) is 8.44. The molecule has 1 aromatic carbocycles. The standard InChI is InChI=1S/C14H21.3CH3NS2.Mo/c1-2-3-4-5-6-8-11-14-12-9-7-10-13-14;3*2-1(3)4;/h7,9-10,12H,2-6,8,11H2,1H3;3*(H3,2,3,4);/q;;;;+3/p-3. The first-order valence-corrected chi connectivity index (χ1v) is 11.6. The van der Waals surface area contributed by atoms with Crippen molar-refractivity contribution in [2.75, 3.05) is 0 Å². The fourth-order valence-electron chi connectivity index (χ4n) is 1.81. The van der Waals surface area contributed by atoms with E-state index in [0.29, 0.717) is 0 Å². The van der Waals surface area contributed by atoms with Crippen LogP contribution >= 0.6 is 36.7 Å². The molecule has 0 aliphatic carbocycles. The van der Waals surface area contributed by atoms with E-state index in [1.165, 1.54) is 54.5 Å². The third-order valence-electron chi connectivity index (χ3n) is 2.77. The Balaban J connectivity index is -0.000000394. The second-order valence-corrected chi connectivity index (χ2v) is 9.58. The molecule has 0 atom stereocenters. The van der Waals surface area contributed by atoms with Crippen molar-refractivity contribution in [1.82, 2.24) is 0 Å². The number of thiocarbonyl (C=S) groups is 3. The Hall–Kier alpha value is 0.238. The molecule has 0 radical (unpaired) electrons. The monoisotopic (exact) mass is 563 g/mol. The van der Waals surface area contributed by atoms with Crippen molar-refractivity contribution in [2.24, 2.45) is 17.2 Å². The molecule has 0 heterocycles. The Labute approximate surface area is 208 Å². The van der Waals surface area contributed by atoms with Crippen LogP contribution in [-0.4, -0.2) is 13.0 Å². The van der Waals surface area contributed by atoms with Crippen molar-refractivity contribution in [2.45, 2.75) is 51.9 Å². The third-order valence-corrected chi connectivity index (χ3v) is 3.75. The van der Waals surface area contributed by atoms with Crippen LogP contribution in [0.4, 0.5) is 0 Å². The second kappa shape index (κ2) is 24.3. The summed E-state index contributed by atoms with van der Waals surface area (Å²) in [6.07, 6.45) is 9.61. The molecule has 0 aliphatic rings. The Bertz CT molecular complexity index is 489. The van der Waals surface area contributed by atoms with Crippen LogP contribution < -0.4 is 21.2 Å². The van der Waals surface area contributed by atoms with E-state index in [1.807, 2.05) is 0 Å². The zero-order valence-electron chi connectivity index (χ0n) is 15.3. The summed E-state index contributed by atoms with van der Waals surface area (Å²) in [5, 5.41) is 0. The zero-order valence-corrected chi connectivity index (χ0v) is 22.3. The largest absolute Gasteiger partial charge is 0.415 e. The number of aryl methyl sites for hydroxylation is 1. The molecular formula is C17H27MoN3S6. The smallest absolute Gasteiger partial charge is 0.0708 e. The molecule has 0 amide bonds. The van der Waals surface area contributed by atoms with E-state index in [0.717, 1.165) is 0 Å². The Morgan fingerprint density at radius 2 is 1.19 bits per heavy atom. The van der Waals surface area contributed by atoms with Gasteiger partial charge in [0.25, 0.3) is 0 Å². The third kappa shape index (κ3) is 41.6. The number of nitrogens with two attached hydrogens (primary N) is 3. The van der Waals surface area contributed by atoms with Crippen molar-refractivity contribution in [1.29, 1.82) is 0 Å². The summed E-state index contributed by atoms with van der Waals surface area (Å²) in [6.45, 7) is 2.27. The predicted octanol–water partition coefficient (Wildman–Crippen LogP) is 3.09. The van der Waals surface area contributed by atoms with Gasteiger partial charge in [-0.1, -0.05) is 13.0 Å². The molecule has 27 heavy (non-hydrogen) atoms. The minimum atomic E-state index is 0.0833. The molecule has 0 aliphatic heterocycles.